The zero-order valence-corrected chi connectivity index (χ0v) is 11.4. The van der Waals surface area contributed by atoms with Crippen molar-refractivity contribution < 1.29 is 14.3 Å². The molecule has 0 unspecified atom stereocenters. The maximum Gasteiger partial charge on any atom is 0.339 e. The molecular formula is C16H15NO3. The molecule has 0 aliphatic rings. The Bertz CT molecular complexity index is 615. The average Bonchev–Trinajstić information content (AvgIpc) is 2.48. The van der Waals surface area contributed by atoms with Crippen molar-refractivity contribution in [3.63, 3.8) is 0 Å². The van der Waals surface area contributed by atoms with E-state index in [4.69, 9.17) is 9.47 Å². The number of esters is 1. The number of ether oxygens (including phenoxy) is 2. The quantitative estimate of drug-likeness (QED) is 0.631. The van der Waals surface area contributed by atoms with Crippen LogP contribution in [0.25, 0.3) is 11.1 Å². The molecule has 1 heterocycles. The van der Waals surface area contributed by atoms with Crippen LogP contribution in [0.15, 0.2) is 54.7 Å². The summed E-state index contributed by atoms with van der Waals surface area (Å²) in [5, 5.41) is 0. The monoisotopic (exact) mass is 269 g/mol. The highest BCUT2D eigenvalue weighted by Crippen LogP contribution is 2.23. The number of nitrogens with zero attached hydrogens (tertiary/aromatic N) is 1. The van der Waals surface area contributed by atoms with E-state index < -0.39 is 5.97 Å². The van der Waals surface area contributed by atoms with Gasteiger partial charge in [0.1, 0.15) is 5.75 Å². The number of carbonyl (C=O) groups excluding carboxylic acids is 1. The van der Waals surface area contributed by atoms with Crippen LogP contribution in [0.3, 0.4) is 0 Å². The van der Waals surface area contributed by atoms with E-state index in [2.05, 4.69) is 11.6 Å². The Hall–Kier alpha value is -2.62. The smallest absolute Gasteiger partial charge is 0.339 e. The van der Waals surface area contributed by atoms with E-state index in [1.165, 1.54) is 0 Å². The first-order valence-electron chi connectivity index (χ1n) is 6.08. The van der Waals surface area contributed by atoms with Crippen LogP contribution in [0.2, 0.25) is 0 Å². The Labute approximate surface area is 117 Å². The maximum atomic E-state index is 11.4. The molecule has 20 heavy (non-hydrogen) atoms. The molecule has 0 saturated carbocycles. The first kappa shape index (κ1) is 13.8. The van der Waals surface area contributed by atoms with Crippen LogP contribution < -0.4 is 9.47 Å². The van der Waals surface area contributed by atoms with Gasteiger partial charge in [0.05, 0.1) is 7.11 Å². The summed E-state index contributed by atoms with van der Waals surface area (Å²) in [5.41, 5.74) is 2.28. The number of pyridine rings is 1. The predicted molar refractivity (Wildman–Crippen MR) is 76.7 cm³/mol. The molecule has 0 aliphatic carbocycles. The zero-order valence-electron chi connectivity index (χ0n) is 11.4. The summed E-state index contributed by atoms with van der Waals surface area (Å²) in [6.45, 7) is 5.11. The molecule has 102 valence electrons. The van der Waals surface area contributed by atoms with Crippen molar-refractivity contribution in [3.05, 3.63) is 54.7 Å². The Morgan fingerprint density at radius 3 is 2.25 bits per heavy atom. The average molecular weight is 269 g/mol. The van der Waals surface area contributed by atoms with Gasteiger partial charge >= 0.3 is 5.97 Å². The number of aromatic nitrogens is 1. The fourth-order valence-corrected chi connectivity index (χ4v) is 1.58. The lowest BCUT2D eigenvalue weighted by Gasteiger charge is -2.05. The number of hydrogen-bond donors (Lipinski definition) is 0. The molecular weight excluding hydrogens is 254 g/mol. The van der Waals surface area contributed by atoms with Crippen LogP contribution in [0.1, 0.15) is 6.92 Å². The first-order chi connectivity index (χ1) is 9.60. The van der Waals surface area contributed by atoms with E-state index in [0.717, 1.165) is 16.9 Å². The van der Waals surface area contributed by atoms with Gasteiger partial charge in [0.25, 0.3) is 0 Å². The van der Waals surface area contributed by atoms with E-state index in [9.17, 15) is 4.79 Å². The number of benzene rings is 1. The molecule has 0 N–H and O–H groups in total. The lowest BCUT2D eigenvalue weighted by molar-refractivity contribution is -0.130. The summed E-state index contributed by atoms with van der Waals surface area (Å²) in [6.07, 6.45) is 1.66. The highest BCUT2D eigenvalue weighted by Gasteiger charge is 2.06. The minimum atomic E-state index is -0.477. The molecule has 1 aromatic carbocycles. The number of hydrogen-bond acceptors (Lipinski definition) is 4. The highest BCUT2D eigenvalue weighted by atomic mass is 16.5. The van der Waals surface area contributed by atoms with Gasteiger partial charge in [-0.1, -0.05) is 18.7 Å². The fraction of sp³-hybridized carbons (Fsp3) is 0.125. The van der Waals surface area contributed by atoms with E-state index >= 15 is 0 Å². The van der Waals surface area contributed by atoms with Crippen LogP contribution in [0.5, 0.6) is 11.6 Å². The van der Waals surface area contributed by atoms with Crippen LogP contribution in [-0.4, -0.2) is 18.1 Å². The van der Waals surface area contributed by atoms with E-state index in [1.54, 1.807) is 26.3 Å². The van der Waals surface area contributed by atoms with Crippen molar-refractivity contribution in [2.24, 2.45) is 0 Å². The van der Waals surface area contributed by atoms with E-state index in [0.29, 0.717) is 5.57 Å². The summed E-state index contributed by atoms with van der Waals surface area (Å²) in [4.78, 5) is 15.5. The molecule has 0 bridgehead atoms. The summed E-state index contributed by atoms with van der Waals surface area (Å²) in [6, 6.07) is 11.1. The summed E-state index contributed by atoms with van der Waals surface area (Å²) >= 11 is 0. The van der Waals surface area contributed by atoms with E-state index in [-0.39, 0.29) is 5.88 Å². The first-order valence-corrected chi connectivity index (χ1v) is 6.08. The van der Waals surface area contributed by atoms with Crippen LogP contribution in [0, 0.1) is 0 Å². The topological polar surface area (TPSA) is 48.4 Å². The van der Waals surface area contributed by atoms with Crippen LogP contribution in [-0.2, 0) is 4.79 Å². The normalized spacial score (nSPS) is 9.90. The minimum Gasteiger partial charge on any atom is -0.497 e. The van der Waals surface area contributed by atoms with Gasteiger partial charge in [-0.05, 0) is 30.7 Å². The van der Waals surface area contributed by atoms with Gasteiger partial charge < -0.3 is 9.47 Å². The van der Waals surface area contributed by atoms with Gasteiger partial charge in [0.15, 0.2) is 0 Å². The maximum absolute atomic E-state index is 11.4. The van der Waals surface area contributed by atoms with Crippen molar-refractivity contribution in [3.8, 4) is 22.8 Å². The third-order valence-electron chi connectivity index (χ3n) is 2.71. The fourth-order valence-electron chi connectivity index (χ4n) is 1.58. The Morgan fingerprint density at radius 1 is 1.10 bits per heavy atom. The van der Waals surface area contributed by atoms with Crippen molar-refractivity contribution in [2.45, 2.75) is 6.92 Å². The molecule has 0 aliphatic heterocycles. The second kappa shape index (κ2) is 6.02. The summed E-state index contributed by atoms with van der Waals surface area (Å²) in [5.74, 6) is 0.582. The third kappa shape index (κ3) is 3.23. The largest absolute Gasteiger partial charge is 0.497 e. The molecule has 0 radical (unpaired) electrons. The van der Waals surface area contributed by atoms with Crippen molar-refractivity contribution in [1.82, 2.24) is 4.98 Å². The number of rotatable bonds is 4. The van der Waals surface area contributed by atoms with Gasteiger partial charge in [0, 0.05) is 23.4 Å². The second-order valence-electron chi connectivity index (χ2n) is 4.28. The van der Waals surface area contributed by atoms with E-state index in [1.807, 2.05) is 30.3 Å². The molecule has 0 atom stereocenters. The van der Waals surface area contributed by atoms with Gasteiger partial charge in [0.2, 0.25) is 5.88 Å². The Kier molecular flexibility index (Phi) is 4.15. The Morgan fingerprint density at radius 2 is 1.75 bits per heavy atom. The molecule has 0 spiro atoms. The Balaban J connectivity index is 2.14. The molecule has 0 saturated heterocycles. The van der Waals surface area contributed by atoms with Gasteiger partial charge in [-0.2, -0.15) is 0 Å². The lowest BCUT2D eigenvalue weighted by atomic mass is 10.1. The minimum absolute atomic E-state index is 0.260. The standard InChI is InChI=1S/C16H15NO3/c1-11(2)16(18)20-15-9-6-13(10-17-15)12-4-7-14(19-3)8-5-12/h4-10H,1H2,2-3H3. The third-order valence-corrected chi connectivity index (χ3v) is 2.71. The molecule has 4 heteroatoms. The zero-order chi connectivity index (χ0) is 14.5. The van der Waals surface area contributed by atoms with Crippen molar-refractivity contribution in [2.75, 3.05) is 7.11 Å². The summed E-state index contributed by atoms with van der Waals surface area (Å²) < 4.78 is 10.1. The number of carbonyl (C=O) groups is 1. The van der Waals surface area contributed by atoms with Crippen molar-refractivity contribution in [1.29, 1.82) is 0 Å². The SMILES string of the molecule is C=C(C)C(=O)Oc1ccc(-c2ccc(OC)cc2)cn1. The van der Waals surface area contributed by atoms with Crippen LogP contribution in [0.4, 0.5) is 0 Å². The predicted octanol–water partition coefficient (Wildman–Crippen LogP) is 3.24. The molecule has 2 aromatic rings. The van der Waals surface area contributed by atoms with Gasteiger partial charge in [-0.3, -0.25) is 0 Å². The molecule has 1 aromatic heterocycles. The molecule has 2 rings (SSSR count). The van der Waals surface area contributed by atoms with Gasteiger partial charge in [-0.25, -0.2) is 9.78 Å². The second-order valence-corrected chi connectivity index (χ2v) is 4.28. The number of methoxy groups -OCH3 is 1. The molecule has 0 fully saturated rings. The van der Waals surface area contributed by atoms with Gasteiger partial charge in [-0.15, -0.1) is 0 Å². The molecule has 0 amide bonds. The lowest BCUT2D eigenvalue weighted by Crippen LogP contribution is -2.09. The highest BCUT2D eigenvalue weighted by molar-refractivity contribution is 5.88. The van der Waals surface area contributed by atoms with Crippen molar-refractivity contribution >= 4 is 5.97 Å². The van der Waals surface area contributed by atoms with Crippen LogP contribution >= 0.6 is 0 Å². The molecule has 4 nitrogen and oxygen atoms in total. The summed E-state index contributed by atoms with van der Waals surface area (Å²) in [7, 11) is 1.63.